The van der Waals surface area contributed by atoms with Gasteiger partial charge in [-0.05, 0) is 50.3 Å². The third-order valence-electron chi connectivity index (χ3n) is 5.85. The highest BCUT2D eigenvalue weighted by Gasteiger charge is 2.34. The molecule has 1 amide bonds. The number of sulfonamides is 1. The van der Waals surface area contributed by atoms with Gasteiger partial charge < -0.3 is 14.8 Å². The van der Waals surface area contributed by atoms with Gasteiger partial charge in [0.1, 0.15) is 0 Å². The zero-order chi connectivity index (χ0) is 23.1. The Kier molecular flexibility index (Phi) is 8.15. The Hall–Kier alpha value is -2.58. The van der Waals surface area contributed by atoms with Crippen LogP contribution in [0.5, 0.6) is 11.5 Å². The average Bonchev–Trinajstić information content (AvgIpc) is 2.83. The highest BCUT2D eigenvalue weighted by Crippen LogP contribution is 2.32. The van der Waals surface area contributed by atoms with Crippen molar-refractivity contribution in [1.82, 2.24) is 9.62 Å². The van der Waals surface area contributed by atoms with Crippen molar-refractivity contribution < 1.29 is 22.7 Å². The van der Waals surface area contributed by atoms with Gasteiger partial charge in [0.15, 0.2) is 11.5 Å². The van der Waals surface area contributed by atoms with Crippen molar-refractivity contribution in [1.29, 1.82) is 0 Å². The van der Waals surface area contributed by atoms with E-state index in [1.54, 1.807) is 6.07 Å². The van der Waals surface area contributed by atoms with Crippen LogP contribution < -0.4 is 14.8 Å². The summed E-state index contributed by atoms with van der Waals surface area (Å²) < 4.78 is 38.2. The number of piperidine rings is 1. The van der Waals surface area contributed by atoms with Gasteiger partial charge in [-0.1, -0.05) is 30.3 Å². The summed E-state index contributed by atoms with van der Waals surface area (Å²) in [5.41, 5.74) is 1.23. The van der Waals surface area contributed by atoms with Crippen LogP contribution >= 0.6 is 0 Å². The van der Waals surface area contributed by atoms with Gasteiger partial charge >= 0.3 is 0 Å². The number of aryl methyl sites for hydroxylation is 1. The molecule has 1 fully saturated rings. The molecule has 1 heterocycles. The quantitative estimate of drug-likeness (QED) is 0.621. The summed E-state index contributed by atoms with van der Waals surface area (Å²) in [4.78, 5) is 13.0. The zero-order valence-electron chi connectivity index (χ0n) is 18.9. The van der Waals surface area contributed by atoms with Gasteiger partial charge in [0, 0.05) is 25.2 Å². The van der Waals surface area contributed by atoms with E-state index in [0.29, 0.717) is 30.9 Å². The van der Waals surface area contributed by atoms with Crippen LogP contribution in [0.1, 0.15) is 31.7 Å². The molecule has 7 nitrogen and oxygen atoms in total. The number of nitrogens with zero attached hydrogens (tertiary/aromatic N) is 1. The maximum Gasteiger partial charge on any atom is 0.243 e. The van der Waals surface area contributed by atoms with E-state index in [9.17, 15) is 13.2 Å². The van der Waals surface area contributed by atoms with Crippen LogP contribution in [0.2, 0.25) is 0 Å². The third-order valence-corrected chi connectivity index (χ3v) is 7.71. The number of benzene rings is 2. The zero-order valence-corrected chi connectivity index (χ0v) is 19.7. The lowest BCUT2D eigenvalue weighted by Crippen LogP contribution is -2.47. The molecule has 32 heavy (non-hydrogen) atoms. The summed E-state index contributed by atoms with van der Waals surface area (Å²) in [6.07, 6.45) is 3.03. The molecular weight excluding hydrogens is 428 g/mol. The van der Waals surface area contributed by atoms with Crippen LogP contribution in [-0.2, 0) is 21.2 Å². The van der Waals surface area contributed by atoms with Crippen LogP contribution in [0.4, 0.5) is 0 Å². The number of methoxy groups -OCH3 is 2. The van der Waals surface area contributed by atoms with Crippen molar-refractivity contribution >= 4 is 15.9 Å². The van der Waals surface area contributed by atoms with Crippen molar-refractivity contribution in [2.75, 3.05) is 27.3 Å². The van der Waals surface area contributed by atoms with Crippen molar-refractivity contribution in [2.24, 2.45) is 5.92 Å². The van der Waals surface area contributed by atoms with Crippen LogP contribution in [-0.4, -0.2) is 52.0 Å². The number of carbonyl (C=O) groups excluding carboxylic acids is 1. The molecule has 0 unspecified atom stereocenters. The summed E-state index contributed by atoms with van der Waals surface area (Å²) in [5.74, 6) is 0.370. The molecule has 0 aliphatic carbocycles. The second-order valence-corrected chi connectivity index (χ2v) is 10.1. The van der Waals surface area contributed by atoms with Gasteiger partial charge in [-0.15, -0.1) is 0 Å². The Morgan fingerprint density at radius 1 is 1.12 bits per heavy atom. The molecule has 1 aliphatic rings. The van der Waals surface area contributed by atoms with E-state index < -0.39 is 10.0 Å². The van der Waals surface area contributed by atoms with E-state index in [-0.39, 0.29) is 29.3 Å². The molecule has 2 aromatic carbocycles. The highest BCUT2D eigenvalue weighted by atomic mass is 32.2. The van der Waals surface area contributed by atoms with Gasteiger partial charge in [-0.25, -0.2) is 8.42 Å². The molecule has 0 saturated carbocycles. The predicted octanol–water partition coefficient (Wildman–Crippen LogP) is 3.24. The molecule has 0 bridgehead atoms. The van der Waals surface area contributed by atoms with E-state index in [1.807, 2.05) is 25.1 Å². The minimum atomic E-state index is -3.74. The van der Waals surface area contributed by atoms with Crippen molar-refractivity contribution in [3.8, 4) is 11.5 Å². The lowest BCUT2D eigenvalue weighted by molar-refractivity contribution is -0.126. The minimum Gasteiger partial charge on any atom is -0.493 e. The van der Waals surface area contributed by atoms with Gasteiger partial charge in [0.2, 0.25) is 15.9 Å². The van der Waals surface area contributed by atoms with E-state index in [4.69, 9.17) is 9.47 Å². The molecule has 2 atom stereocenters. The monoisotopic (exact) mass is 460 g/mol. The fourth-order valence-electron chi connectivity index (χ4n) is 3.96. The smallest absolute Gasteiger partial charge is 0.243 e. The summed E-state index contributed by atoms with van der Waals surface area (Å²) in [6, 6.07) is 14.7. The molecule has 0 aromatic heterocycles. The normalized spacial score (nSPS) is 18.0. The topological polar surface area (TPSA) is 84.9 Å². The Morgan fingerprint density at radius 3 is 2.53 bits per heavy atom. The van der Waals surface area contributed by atoms with E-state index in [0.717, 1.165) is 12.8 Å². The summed E-state index contributed by atoms with van der Waals surface area (Å²) in [6.45, 7) is 2.56. The second kappa shape index (κ2) is 10.8. The van der Waals surface area contributed by atoms with Gasteiger partial charge in [-0.2, -0.15) is 4.31 Å². The molecule has 0 spiro atoms. The lowest BCUT2D eigenvalue weighted by Gasteiger charge is -2.32. The van der Waals surface area contributed by atoms with E-state index in [1.165, 1.54) is 36.2 Å². The molecule has 1 N–H and O–H groups in total. The fourth-order valence-corrected chi connectivity index (χ4v) is 5.50. The highest BCUT2D eigenvalue weighted by molar-refractivity contribution is 7.89. The minimum absolute atomic E-state index is 0.0144. The van der Waals surface area contributed by atoms with Gasteiger partial charge in [0.05, 0.1) is 25.0 Å². The predicted molar refractivity (Wildman–Crippen MR) is 123 cm³/mol. The first kappa shape index (κ1) is 24.1. The maximum absolute atomic E-state index is 13.2. The first-order valence-corrected chi connectivity index (χ1v) is 12.4. The van der Waals surface area contributed by atoms with Crippen LogP contribution in [0, 0.1) is 5.92 Å². The first-order valence-electron chi connectivity index (χ1n) is 10.9. The summed E-state index contributed by atoms with van der Waals surface area (Å²) in [7, 11) is -0.776. The molecule has 2 aromatic rings. The summed E-state index contributed by atoms with van der Waals surface area (Å²) in [5, 5.41) is 3.07. The second-order valence-electron chi connectivity index (χ2n) is 8.15. The largest absolute Gasteiger partial charge is 0.493 e. The molecule has 1 saturated heterocycles. The number of hydrogen-bond acceptors (Lipinski definition) is 5. The molecule has 0 radical (unpaired) electrons. The Bertz CT molecular complexity index is 1010. The van der Waals surface area contributed by atoms with Gasteiger partial charge in [0.25, 0.3) is 0 Å². The Labute approximate surface area is 190 Å². The molecular formula is C24H32N2O5S. The molecule has 3 rings (SSSR count). The van der Waals surface area contributed by atoms with E-state index in [2.05, 4.69) is 17.4 Å². The molecule has 8 heteroatoms. The van der Waals surface area contributed by atoms with Crippen molar-refractivity contribution in [3.05, 3.63) is 54.1 Å². The number of ether oxygens (including phenoxy) is 2. The van der Waals surface area contributed by atoms with Crippen LogP contribution in [0.15, 0.2) is 53.4 Å². The van der Waals surface area contributed by atoms with Gasteiger partial charge in [-0.3, -0.25) is 4.79 Å². The summed E-state index contributed by atoms with van der Waals surface area (Å²) >= 11 is 0. The Balaban J connectivity index is 1.62. The number of rotatable bonds is 9. The van der Waals surface area contributed by atoms with Crippen LogP contribution in [0.3, 0.4) is 0 Å². The standard InChI is InChI=1S/C24H32N2O5S/c1-18(11-12-19-8-5-4-6-9-19)25-24(27)20-10-7-15-26(17-20)32(28,29)21-13-14-22(30-2)23(16-21)31-3/h4-6,8-9,13-14,16,18,20H,7,10-12,15,17H2,1-3H3,(H,25,27)/t18-,20-/m0/s1. The maximum atomic E-state index is 13.2. The third kappa shape index (κ3) is 5.81. The number of nitrogens with one attached hydrogen (secondary N) is 1. The fraction of sp³-hybridized carbons (Fsp3) is 0.458. The van der Waals surface area contributed by atoms with Crippen LogP contribution in [0.25, 0.3) is 0 Å². The molecule has 174 valence electrons. The Morgan fingerprint density at radius 2 is 1.84 bits per heavy atom. The van der Waals surface area contributed by atoms with Crippen molar-refractivity contribution in [2.45, 2.75) is 43.5 Å². The number of amides is 1. The SMILES string of the molecule is COc1ccc(S(=O)(=O)N2CCC[C@H](C(=O)N[C@@H](C)CCc3ccccc3)C2)cc1OC. The number of carbonyl (C=O) groups is 1. The average molecular weight is 461 g/mol. The lowest BCUT2D eigenvalue weighted by atomic mass is 9.98. The first-order chi connectivity index (χ1) is 15.3. The van der Waals surface area contributed by atoms with E-state index >= 15 is 0 Å². The molecule has 1 aliphatic heterocycles. The van der Waals surface area contributed by atoms with Crippen molar-refractivity contribution in [3.63, 3.8) is 0 Å². The number of hydrogen-bond donors (Lipinski definition) is 1.